The maximum atomic E-state index is 13.9. The molecule has 2 aromatic carbocycles. The number of hydrogen-bond acceptors (Lipinski definition) is 8. The number of hydrogen-bond donors (Lipinski definition) is 1. The molecule has 11 heteroatoms. The molecule has 0 unspecified atom stereocenters. The van der Waals surface area contributed by atoms with Crippen LogP contribution in [0.25, 0.3) is 16.7 Å². The van der Waals surface area contributed by atoms with Crippen LogP contribution in [-0.2, 0) is 0 Å². The van der Waals surface area contributed by atoms with Crippen molar-refractivity contribution in [3.63, 3.8) is 0 Å². The molecule has 0 fully saturated rings. The number of nitrogens with zero attached hydrogens (tertiary/aromatic N) is 5. The molecule has 4 rings (SSSR count). The standard InChI is InChI=1S/C19H15FN6O4/c1-29-12-3-4-15-11(7-12)10-22-25(15)18-5-6-21-19(24-18)23-14-9-16(26(27)28)13(20)8-17(14)30-2/h3-10H,1-2H3,(H,21,23,24). The van der Waals surface area contributed by atoms with Crippen molar-refractivity contribution in [2.45, 2.75) is 0 Å². The molecule has 0 saturated carbocycles. The highest BCUT2D eigenvalue weighted by molar-refractivity contribution is 5.81. The van der Waals surface area contributed by atoms with Gasteiger partial charge >= 0.3 is 5.69 Å². The van der Waals surface area contributed by atoms with Gasteiger partial charge < -0.3 is 14.8 Å². The van der Waals surface area contributed by atoms with E-state index in [0.29, 0.717) is 11.6 Å². The average molecular weight is 410 g/mol. The molecule has 2 heterocycles. The van der Waals surface area contributed by atoms with Gasteiger partial charge in [0.05, 0.1) is 36.5 Å². The number of nitro benzene ring substituents is 1. The summed E-state index contributed by atoms with van der Waals surface area (Å²) in [6.45, 7) is 0. The molecular weight excluding hydrogens is 395 g/mol. The second kappa shape index (κ2) is 7.62. The zero-order chi connectivity index (χ0) is 21.3. The van der Waals surface area contributed by atoms with Crippen LogP contribution in [-0.4, -0.2) is 38.9 Å². The summed E-state index contributed by atoms with van der Waals surface area (Å²) in [5.74, 6) is 0.364. The van der Waals surface area contributed by atoms with E-state index >= 15 is 0 Å². The van der Waals surface area contributed by atoms with Gasteiger partial charge in [0.1, 0.15) is 11.5 Å². The Hall–Kier alpha value is -4.28. The number of methoxy groups -OCH3 is 2. The minimum absolute atomic E-state index is 0.0729. The highest BCUT2D eigenvalue weighted by atomic mass is 19.1. The number of nitro groups is 1. The fourth-order valence-electron chi connectivity index (χ4n) is 2.92. The van der Waals surface area contributed by atoms with Crippen molar-refractivity contribution < 1.29 is 18.8 Å². The van der Waals surface area contributed by atoms with Crippen molar-refractivity contribution in [2.24, 2.45) is 0 Å². The summed E-state index contributed by atoms with van der Waals surface area (Å²) in [5.41, 5.74) is 0.259. The first-order valence-corrected chi connectivity index (χ1v) is 8.64. The van der Waals surface area contributed by atoms with Crippen molar-refractivity contribution in [3.8, 4) is 17.3 Å². The van der Waals surface area contributed by atoms with Gasteiger partial charge in [0.2, 0.25) is 11.8 Å². The molecule has 1 N–H and O–H groups in total. The Kier molecular flexibility index (Phi) is 4.84. The van der Waals surface area contributed by atoms with Crippen LogP contribution in [0.3, 0.4) is 0 Å². The van der Waals surface area contributed by atoms with Crippen molar-refractivity contribution in [3.05, 3.63) is 64.7 Å². The van der Waals surface area contributed by atoms with Gasteiger partial charge in [-0.05, 0) is 18.2 Å². The van der Waals surface area contributed by atoms with Crippen molar-refractivity contribution in [1.82, 2.24) is 19.7 Å². The molecule has 0 saturated heterocycles. The lowest BCUT2D eigenvalue weighted by Crippen LogP contribution is -2.05. The quantitative estimate of drug-likeness (QED) is 0.378. The zero-order valence-electron chi connectivity index (χ0n) is 15.9. The lowest BCUT2D eigenvalue weighted by atomic mass is 10.2. The van der Waals surface area contributed by atoms with Crippen molar-refractivity contribution in [2.75, 3.05) is 19.5 Å². The van der Waals surface area contributed by atoms with Crippen LogP contribution in [0.15, 0.2) is 48.8 Å². The largest absolute Gasteiger partial charge is 0.497 e. The van der Waals surface area contributed by atoms with Crippen LogP contribution in [0, 0.1) is 15.9 Å². The Balaban J connectivity index is 1.72. The lowest BCUT2D eigenvalue weighted by Gasteiger charge is -2.11. The Morgan fingerprint density at radius 1 is 1.17 bits per heavy atom. The molecule has 152 valence electrons. The molecule has 0 aliphatic rings. The average Bonchev–Trinajstić information content (AvgIpc) is 3.17. The minimum atomic E-state index is -1.00. The number of ether oxygens (including phenoxy) is 2. The molecule has 0 aliphatic carbocycles. The van der Waals surface area contributed by atoms with Crippen LogP contribution in [0.5, 0.6) is 11.5 Å². The molecule has 2 aromatic heterocycles. The van der Waals surface area contributed by atoms with Crippen LogP contribution in [0.4, 0.5) is 21.7 Å². The van der Waals surface area contributed by atoms with Crippen molar-refractivity contribution >= 4 is 28.2 Å². The Bertz CT molecular complexity index is 1260. The maximum absolute atomic E-state index is 13.9. The Morgan fingerprint density at radius 3 is 2.73 bits per heavy atom. The number of rotatable bonds is 6. The summed E-state index contributed by atoms with van der Waals surface area (Å²) >= 11 is 0. The molecule has 0 radical (unpaired) electrons. The summed E-state index contributed by atoms with van der Waals surface area (Å²) in [6.07, 6.45) is 3.19. The molecule has 0 atom stereocenters. The van der Waals surface area contributed by atoms with E-state index in [2.05, 4.69) is 20.4 Å². The van der Waals surface area contributed by atoms with E-state index in [1.165, 1.54) is 13.3 Å². The molecule has 0 amide bonds. The molecule has 4 aromatic rings. The highest BCUT2D eigenvalue weighted by Gasteiger charge is 2.20. The van der Waals surface area contributed by atoms with Gasteiger partial charge in [0.15, 0.2) is 5.82 Å². The van der Waals surface area contributed by atoms with E-state index in [1.807, 2.05) is 18.2 Å². The lowest BCUT2D eigenvalue weighted by molar-refractivity contribution is -0.387. The summed E-state index contributed by atoms with van der Waals surface area (Å²) in [7, 11) is 2.91. The number of halogens is 1. The van der Waals surface area contributed by atoms with E-state index in [-0.39, 0.29) is 17.4 Å². The third kappa shape index (κ3) is 3.43. The van der Waals surface area contributed by atoms with Gasteiger partial charge in [-0.25, -0.2) is 9.67 Å². The van der Waals surface area contributed by atoms with Crippen molar-refractivity contribution in [1.29, 1.82) is 0 Å². The SMILES string of the molecule is COc1ccc2c(cnn2-c2ccnc(Nc3cc([N+](=O)[O-])c(F)cc3OC)n2)c1. The first kappa shape index (κ1) is 19.1. The molecule has 10 nitrogen and oxygen atoms in total. The first-order valence-electron chi connectivity index (χ1n) is 8.64. The maximum Gasteiger partial charge on any atom is 0.307 e. The zero-order valence-corrected chi connectivity index (χ0v) is 15.9. The number of anilines is 2. The minimum Gasteiger partial charge on any atom is -0.497 e. The van der Waals surface area contributed by atoms with Gasteiger partial charge in [-0.1, -0.05) is 0 Å². The first-order chi connectivity index (χ1) is 14.5. The second-order valence-corrected chi connectivity index (χ2v) is 6.11. The summed E-state index contributed by atoms with van der Waals surface area (Å²) in [6, 6.07) is 9.12. The number of nitrogens with one attached hydrogen (secondary N) is 1. The summed E-state index contributed by atoms with van der Waals surface area (Å²) in [5, 5.41) is 19.1. The van der Waals surface area contributed by atoms with E-state index in [9.17, 15) is 14.5 Å². The van der Waals surface area contributed by atoms with E-state index in [1.54, 1.807) is 24.1 Å². The monoisotopic (exact) mass is 410 g/mol. The van der Waals surface area contributed by atoms with Gasteiger partial charge in [0.25, 0.3) is 0 Å². The van der Waals surface area contributed by atoms with E-state index < -0.39 is 16.4 Å². The highest BCUT2D eigenvalue weighted by Crippen LogP contribution is 2.33. The Labute approximate surface area is 169 Å². The van der Waals surface area contributed by atoms with Crippen LogP contribution in [0.1, 0.15) is 0 Å². The molecule has 0 aliphatic heterocycles. The summed E-state index contributed by atoms with van der Waals surface area (Å²) in [4.78, 5) is 18.8. The molecule has 0 bridgehead atoms. The van der Waals surface area contributed by atoms with E-state index in [4.69, 9.17) is 9.47 Å². The number of fused-ring (bicyclic) bond motifs is 1. The third-order valence-corrected chi connectivity index (χ3v) is 4.35. The van der Waals surface area contributed by atoms with Crippen LogP contribution in [0.2, 0.25) is 0 Å². The number of aromatic nitrogens is 4. The smallest absolute Gasteiger partial charge is 0.307 e. The normalized spacial score (nSPS) is 10.8. The van der Waals surface area contributed by atoms with Gasteiger partial charge in [-0.2, -0.15) is 14.5 Å². The third-order valence-electron chi connectivity index (χ3n) is 4.35. The van der Waals surface area contributed by atoms with Gasteiger partial charge in [0, 0.05) is 29.8 Å². The molecule has 30 heavy (non-hydrogen) atoms. The van der Waals surface area contributed by atoms with Gasteiger partial charge in [-0.15, -0.1) is 0 Å². The topological polar surface area (TPSA) is 117 Å². The van der Waals surface area contributed by atoms with Crippen LogP contribution >= 0.6 is 0 Å². The second-order valence-electron chi connectivity index (χ2n) is 6.11. The Morgan fingerprint density at radius 2 is 2.00 bits per heavy atom. The molecular formula is C19H15FN6O4. The van der Waals surface area contributed by atoms with Gasteiger partial charge in [-0.3, -0.25) is 10.1 Å². The summed E-state index contributed by atoms with van der Waals surface area (Å²) < 4.78 is 25.8. The predicted molar refractivity (Wildman–Crippen MR) is 106 cm³/mol. The predicted octanol–water partition coefficient (Wildman–Crippen LogP) is 3.62. The fraction of sp³-hybridized carbons (Fsp3) is 0.105. The fourth-order valence-corrected chi connectivity index (χ4v) is 2.92. The van der Waals surface area contributed by atoms with Crippen LogP contribution < -0.4 is 14.8 Å². The van der Waals surface area contributed by atoms with E-state index in [0.717, 1.165) is 23.0 Å². The number of benzene rings is 2. The molecule has 0 spiro atoms.